The van der Waals surface area contributed by atoms with Crippen molar-refractivity contribution in [1.82, 2.24) is 10.6 Å². The third-order valence-electron chi connectivity index (χ3n) is 3.09. The SMILES string of the molecule is CC(C)(C)CCCCNC(=O)CNCC1CC1. The van der Waals surface area contributed by atoms with Crippen molar-refractivity contribution >= 4 is 5.91 Å². The first-order valence-corrected chi connectivity index (χ1v) is 6.95. The summed E-state index contributed by atoms with van der Waals surface area (Å²) in [6, 6.07) is 0. The lowest BCUT2D eigenvalue weighted by atomic mass is 9.90. The molecule has 17 heavy (non-hydrogen) atoms. The zero-order chi connectivity index (χ0) is 12.7. The number of carbonyl (C=O) groups excluding carboxylic acids is 1. The lowest BCUT2D eigenvalue weighted by Gasteiger charge is -2.17. The van der Waals surface area contributed by atoms with Crippen LogP contribution in [0.2, 0.25) is 0 Å². The normalized spacial score (nSPS) is 15.9. The van der Waals surface area contributed by atoms with Crippen molar-refractivity contribution in [3.05, 3.63) is 0 Å². The van der Waals surface area contributed by atoms with Crippen LogP contribution < -0.4 is 10.6 Å². The maximum absolute atomic E-state index is 11.4. The second kappa shape index (κ2) is 7.00. The molecule has 0 radical (unpaired) electrons. The summed E-state index contributed by atoms with van der Waals surface area (Å²) in [5, 5.41) is 6.16. The van der Waals surface area contributed by atoms with Crippen LogP contribution in [0.1, 0.15) is 52.9 Å². The molecule has 0 aromatic rings. The van der Waals surface area contributed by atoms with E-state index in [9.17, 15) is 4.79 Å². The van der Waals surface area contributed by atoms with Crippen molar-refractivity contribution in [3.8, 4) is 0 Å². The summed E-state index contributed by atoms with van der Waals surface area (Å²) in [5.74, 6) is 0.982. The molecule has 0 unspecified atom stereocenters. The largest absolute Gasteiger partial charge is 0.355 e. The van der Waals surface area contributed by atoms with Gasteiger partial charge in [-0.3, -0.25) is 4.79 Å². The Bertz CT molecular complexity index is 229. The minimum atomic E-state index is 0.140. The van der Waals surface area contributed by atoms with Gasteiger partial charge in [0, 0.05) is 6.54 Å². The van der Waals surface area contributed by atoms with E-state index in [1.165, 1.54) is 25.7 Å². The Morgan fingerprint density at radius 3 is 2.53 bits per heavy atom. The van der Waals surface area contributed by atoms with Crippen LogP contribution in [0.15, 0.2) is 0 Å². The van der Waals surface area contributed by atoms with Gasteiger partial charge in [-0.2, -0.15) is 0 Å². The maximum Gasteiger partial charge on any atom is 0.233 e. The summed E-state index contributed by atoms with van der Waals surface area (Å²) < 4.78 is 0. The molecule has 1 aliphatic carbocycles. The molecule has 0 bridgehead atoms. The summed E-state index contributed by atoms with van der Waals surface area (Å²) in [5.41, 5.74) is 0.413. The fraction of sp³-hybridized carbons (Fsp3) is 0.929. The maximum atomic E-state index is 11.4. The van der Waals surface area contributed by atoms with Gasteiger partial charge in [0.1, 0.15) is 0 Å². The Hall–Kier alpha value is -0.570. The molecule has 2 N–H and O–H groups in total. The van der Waals surface area contributed by atoms with Crippen molar-refractivity contribution in [3.63, 3.8) is 0 Å². The topological polar surface area (TPSA) is 41.1 Å². The highest BCUT2D eigenvalue weighted by molar-refractivity contribution is 5.77. The Balaban J connectivity index is 1.85. The summed E-state index contributed by atoms with van der Waals surface area (Å²) in [7, 11) is 0. The highest BCUT2D eigenvalue weighted by atomic mass is 16.1. The van der Waals surface area contributed by atoms with Crippen LogP contribution in [0, 0.1) is 11.3 Å². The van der Waals surface area contributed by atoms with E-state index in [-0.39, 0.29) is 5.91 Å². The molecule has 1 saturated carbocycles. The third kappa shape index (κ3) is 9.16. The fourth-order valence-electron chi connectivity index (χ4n) is 1.78. The minimum absolute atomic E-state index is 0.140. The van der Waals surface area contributed by atoms with E-state index in [0.717, 1.165) is 25.4 Å². The van der Waals surface area contributed by atoms with Gasteiger partial charge in [0.05, 0.1) is 6.54 Å². The average molecular weight is 240 g/mol. The van der Waals surface area contributed by atoms with Gasteiger partial charge < -0.3 is 10.6 Å². The minimum Gasteiger partial charge on any atom is -0.355 e. The first-order chi connectivity index (χ1) is 7.97. The van der Waals surface area contributed by atoms with E-state index >= 15 is 0 Å². The van der Waals surface area contributed by atoms with E-state index in [0.29, 0.717) is 12.0 Å². The lowest BCUT2D eigenvalue weighted by molar-refractivity contribution is -0.120. The number of carbonyl (C=O) groups is 1. The number of unbranched alkanes of at least 4 members (excludes halogenated alkanes) is 1. The molecule has 1 rings (SSSR count). The Labute approximate surface area is 106 Å². The molecular weight excluding hydrogens is 212 g/mol. The summed E-state index contributed by atoms with van der Waals surface area (Å²) in [6.07, 6.45) is 6.18. The summed E-state index contributed by atoms with van der Waals surface area (Å²) >= 11 is 0. The van der Waals surface area contributed by atoms with Gasteiger partial charge in [0.2, 0.25) is 5.91 Å². The van der Waals surface area contributed by atoms with Crippen LogP contribution in [0.5, 0.6) is 0 Å². The van der Waals surface area contributed by atoms with Crippen molar-refractivity contribution < 1.29 is 4.79 Å². The number of rotatable bonds is 8. The van der Waals surface area contributed by atoms with Crippen LogP contribution >= 0.6 is 0 Å². The van der Waals surface area contributed by atoms with Gasteiger partial charge in [-0.15, -0.1) is 0 Å². The van der Waals surface area contributed by atoms with Crippen molar-refractivity contribution in [2.45, 2.75) is 52.9 Å². The second-order valence-electron chi connectivity index (χ2n) is 6.44. The summed E-state index contributed by atoms with van der Waals surface area (Å²) in [4.78, 5) is 11.4. The molecule has 0 saturated heterocycles. The Morgan fingerprint density at radius 1 is 1.24 bits per heavy atom. The van der Waals surface area contributed by atoms with Crippen molar-refractivity contribution in [2.75, 3.05) is 19.6 Å². The predicted molar refractivity (Wildman–Crippen MR) is 71.9 cm³/mol. The Kier molecular flexibility index (Phi) is 5.96. The number of hydrogen-bond acceptors (Lipinski definition) is 2. The number of hydrogen-bond donors (Lipinski definition) is 2. The van der Waals surface area contributed by atoms with Crippen LogP contribution in [0.3, 0.4) is 0 Å². The smallest absolute Gasteiger partial charge is 0.233 e. The van der Waals surface area contributed by atoms with E-state index in [1.807, 2.05) is 0 Å². The molecule has 1 amide bonds. The molecule has 1 fully saturated rings. The molecule has 1 aliphatic rings. The van der Waals surface area contributed by atoms with E-state index in [1.54, 1.807) is 0 Å². The van der Waals surface area contributed by atoms with Gasteiger partial charge in [0.15, 0.2) is 0 Å². The summed E-state index contributed by atoms with van der Waals surface area (Å²) in [6.45, 7) is 9.08. The highest BCUT2D eigenvalue weighted by Gasteiger charge is 2.20. The number of amides is 1. The standard InChI is InChI=1S/C14H28N2O/c1-14(2,3)8-4-5-9-16-13(17)11-15-10-12-6-7-12/h12,15H,4-11H2,1-3H3,(H,16,17). The lowest BCUT2D eigenvalue weighted by Crippen LogP contribution is -2.35. The molecular formula is C14H28N2O. The van der Waals surface area contributed by atoms with E-state index < -0.39 is 0 Å². The molecule has 0 aromatic heterocycles. The molecule has 0 spiro atoms. The van der Waals surface area contributed by atoms with Gasteiger partial charge in [-0.05, 0) is 43.6 Å². The van der Waals surface area contributed by atoms with Crippen LogP contribution in [-0.4, -0.2) is 25.5 Å². The van der Waals surface area contributed by atoms with E-state index in [4.69, 9.17) is 0 Å². The van der Waals surface area contributed by atoms with Gasteiger partial charge in [-0.25, -0.2) is 0 Å². The third-order valence-corrected chi connectivity index (χ3v) is 3.09. The molecule has 3 heteroatoms. The average Bonchev–Trinajstić information content (AvgIpc) is 2.99. The molecule has 3 nitrogen and oxygen atoms in total. The van der Waals surface area contributed by atoms with Crippen molar-refractivity contribution in [2.24, 2.45) is 11.3 Å². The number of nitrogens with one attached hydrogen (secondary N) is 2. The predicted octanol–water partition coefficient (Wildman–Crippen LogP) is 2.32. The van der Waals surface area contributed by atoms with Crippen LogP contribution in [0.25, 0.3) is 0 Å². The van der Waals surface area contributed by atoms with Crippen LogP contribution in [0.4, 0.5) is 0 Å². The molecule has 0 heterocycles. The van der Waals surface area contributed by atoms with Crippen molar-refractivity contribution in [1.29, 1.82) is 0 Å². The van der Waals surface area contributed by atoms with Crippen LogP contribution in [-0.2, 0) is 4.79 Å². The van der Waals surface area contributed by atoms with Gasteiger partial charge in [0.25, 0.3) is 0 Å². The zero-order valence-electron chi connectivity index (χ0n) is 11.6. The molecule has 100 valence electrons. The quantitative estimate of drug-likeness (QED) is 0.639. The van der Waals surface area contributed by atoms with Gasteiger partial charge in [-0.1, -0.05) is 27.2 Å². The molecule has 0 aromatic carbocycles. The molecule has 0 atom stereocenters. The molecule has 0 aliphatic heterocycles. The second-order valence-corrected chi connectivity index (χ2v) is 6.44. The first-order valence-electron chi connectivity index (χ1n) is 6.95. The first kappa shape index (κ1) is 14.5. The monoisotopic (exact) mass is 240 g/mol. The van der Waals surface area contributed by atoms with Gasteiger partial charge >= 0.3 is 0 Å². The zero-order valence-corrected chi connectivity index (χ0v) is 11.6. The Morgan fingerprint density at radius 2 is 1.94 bits per heavy atom. The fourth-order valence-corrected chi connectivity index (χ4v) is 1.78. The highest BCUT2D eigenvalue weighted by Crippen LogP contribution is 2.27. The van der Waals surface area contributed by atoms with E-state index in [2.05, 4.69) is 31.4 Å².